The molecule has 4 aromatic carbocycles. The number of fused-ring (bicyclic) bond motifs is 6. The standard InChI is InChI=1S/C28H19NO3/c1-32-26-15-18-14-17-8-2-3-9-19(17)24(18)16-25(26)29-27(30)22-12-6-4-10-20(22)21-11-5-7-13-23(21)28(29)31/h2-13,15-16H,14H2,1H3. The number of rotatable bonds is 2. The molecule has 0 amide bonds. The zero-order valence-electron chi connectivity index (χ0n) is 17.5. The fourth-order valence-corrected chi connectivity index (χ4v) is 4.85. The average molecular weight is 417 g/mol. The molecule has 1 aliphatic carbocycles. The second-order valence-electron chi connectivity index (χ2n) is 8.05. The first-order valence-corrected chi connectivity index (χ1v) is 10.5. The van der Waals surface area contributed by atoms with Crippen LogP contribution >= 0.6 is 0 Å². The molecule has 0 spiro atoms. The highest BCUT2D eigenvalue weighted by molar-refractivity contribution is 6.05. The Morgan fingerprint density at radius 1 is 0.656 bits per heavy atom. The van der Waals surface area contributed by atoms with Crippen LogP contribution in [0.2, 0.25) is 0 Å². The first-order chi connectivity index (χ1) is 15.7. The van der Waals surface area contributed by atoms with Crippen molar-refractivity contribution in [3.8, 4) is 22.6 Å². The maximum absolute atomic E-state index is 13.8. The van der Waals surface area contributed by atoms with Crippen LogP contribution < -0.4 is 15.9 Å². The van der Waals surface area contributed by atoms with Crippen molar-refractivity contribution < 1.29 is 4.74 Å². The van der Waals surface area contributed by atoms with Gasteiger partial charge < -0.3 is 4.74 Å². The van der Waals surface area contributed by atoms with Gasteiger partial charge in [-0.3, -0.25) is 9.59 Å². The van der Waals surface area contributed by atoms with E-state index in [0.29, 0.717) is 22.2 Å². The Hall–Kier alpha value is -4.18. The zero-order chi connectivity index (χ0) is 21.8. The molecule has 0 aliphatic heterocycles. The predicted octanol–water partition coefficient (Wildman–Crippen LogP) is 5.08. The van der Waals surface area contributed by atoms with E-state index >= 15 is 0 Å². The number of nitrogens with zero attached hydrogens (tertiary/aromatic N) is 1. The molecule has 154 valence electrons. The third-order valence-corrected chi connectivity index (χ3v) is 6.35. The van der Waals surface area contributed by atoms with E-state index in [9.17, 15) is 9.59 Å². The van der Waals surface area contributed by atoms with Gasteiger partial charge in [-0.05, 0) is 63.7 Å². The highest BCUT2D eigenvalue weighted by Gasteiger charge is 2.23. The van der Waals surface area contributed by atoms with E-state index in [1.165, 1.54) is 10.1 Å². The highest BCUT2D eigenvalue weighted by Crippen LogP contribution is 2.40. The molecule has 32 heavy (non-hydrogen) atoms. The molecule has 0 bridgehead atoms. The smallest absolute Gasteiger partial charge is 0.266 e. The molecule has 0 unspecified atom stereocenters. The molecule has 0 saturated heterocycles. The van der Waals surface area contributed by atoms with Crippen molar-refractivity contribution in [3.63, 3.8) is 0 Å². The van der Waals surface area contributed by atoms with E-state index in [0.717, 1.165) is 33.9 Å². The summed E-state index contributed by atoms with van der Waals surface area (Å²) in [6, 6.07) is 26.8. The monoisotopic (exact) mass is 417 g/mol. The van der Waals surface area contributed by atoms with Crippen molar-refractivity contribution >= 4 is 21.5 Å². The van der Waals surface area contributed by atoms with Crippen LogP contribution in [-0.2, 0) is 6.42 Å². The van der Waals surface area contributed by atoms with Crippen molar-refractivity contribution in [1.29, 1.82) is 0 Å². The lowest BCUT2D eigenvalue weighted by Crippen LogP contribution is -2.29. The molecule has 5 aromatic rings. The molecule has 4 nitrogen and oxygen atoms in total. The van der Waals surface area contributed by atoms with E-state index in [-0.39, 0.29) is 11.1 Å². The van der Waals surface area contributed by atoms with Crippen molar-refractivity contribution in [2.75, 3.05) is 7.11 Å². The summed E-state index contributed by atoms with van der Waals surface area (Å²) in [4.78, 5) is 27.6. The SMILES string of the molecule is COc1cc2c(cc1-n1c(=O)c3ccccc3c3ccccc3c1=O)-c1ccccc1C2. The molecule has 6 rings (SSSR count). The van der Waals surface area contributed by atoms with Crippen molar-refractivity contribution in [2.24, 2.45) is 0 Å². The maximum Gasteiger partial charge on any atom is 0.266 e. The highest BCUT2D eigenvalue weighted by atomic mass is 16.5. The summed E-state index contributed by atoms with van der Waals surface area (Å²) in [5, 5.41) is 2.51. The molecule has 4 heteroatoms. The van der Waals surface area contributed by atoms with E-state index in [4.69, 9.17) is 4.74 Å². The van der Waals surface area contributed by atoms with Crippen LogP contribution in [0.1, 0.15) is 11.1 Å². The second-order valence-corrected chi connectivity index (χ2v) is 8.05. The molecule has 0 saturated carbocycles. The summed E-state index contributed by atoms with van der Waals surface area (Å²) in [6.07, 6.45) is 0.801. The third-order valence-electron chi connectivity index (χ3n) is 6.35. The number of ether oxygens (including phenoxy) is 1. The van der Waals surface area contributed by atoms with Crippen molar-refractivity contribution in [1.82, 2.24) is 4.57 Å². The second kappa shape index (κ2) is 6.92. The van der Waals surface area contributed by atoms with E-state index in [1.54, 1.807) is 19.2 Å². The van der Waals surface area contributed by atoms with Crippen LogP contribution in [0, 0.1) is 0 Å². The van der Waals surface area contributed by atoms with Crippen LogP contribution in [0.5, 0.6) is 5.75 Å². The first-order valence-electron chi connectivity index (χ1n) is 10.5. The van der Waals surface area contributed by atoms with Crippen LogP contribution in [-0.4, -0.2) is 11.7 Å². The lowest BCUT2D eigenvalue weighted by Gasteiger charge is -2.12. The summed E-state index contributed by atoms with van der Waals surface area (Å²) in [5.41, 5.74) is 4.26. The normalized spacial score (nSPS) is 12.0. The summed E-state index contributed by atoms with van der Waals surface area (Å²) in [7, 11) is 1.57. The molecular weight excluding hydrogens is 398 g/mol. The lowest BCUT2D eigenvalue weighted by atomic mass is 10.0. The van der Waals surface area contributed by atoms with E-state index in [2.05, 4.69) is 12.1 Å². The Balaban J connectivity index is 1.79. The maximum atomic E-state index is 13.8. The Morgan fingerprint density at radius 3 is 1.84 bits per heavy atom. The average Bonchev–Trinajstić information content (AvgIpc) is 3.17. The minimum atomic E-state index is -0.355. The van der Waals surface area contributed by atoms with Gasteiger partial charge in [0.25, 0.3) is 11.1 Å². The van der Waals surface area contributed by atoms with Gasteiger partial charge in [0.2, 0.25) is 0 Å². The van der Waals surface area contributed by atoms with Crippen LogP contribution in [0.25, 0.3) is 38.4 Å². The number of hydrogen-bond acceptors (Lipinski definition) is 3. The zero-order valence-corrected chi connectivity index (χ0v) is 17.5. The number of hydrogen-bond donors (Lipinski definition) is 0. The fourth-order valence-electron chi connectivity index (χ4n) is 4.85. The van der Waals surface area contributed by atoms with Gasteiger partial charge in [0.15, 0.2) is 0 Å². The van der Waals surface area contributed by atoms with Crippen LogP contribution in [0.15, 0.2) is 94.5 Å². The minimum absolute atomic E-state index is 0.355. The van der Waals surface area contributed by atoms with Crippen LogP contribution in [0.4, 0.5) is 0 Å². The molecule has 0 fully saturated rings. The first kappa shape index (κ1) is 18.6. The van der Waals surface area contributed by atoms with Crippen molar-refractivity contribution in [2.45, 2.75) is 6.42 Å². The van der Waals surface area contributed by atoms with Gasteiger partial charge in [0.05, 0.1) is 12.8 Å². The topological polar surface area (TPSA) is 48.3 Å². The van der Waals surface area contributed by atoms with E-state index < -0.39 is 0 Å². The molecule has 0 atom stereocenters. The molecule has 1 heterocycles. The van der Waals surface area contributed by atoms with Gasteiger partial charge in [-0.25, -0.2) is 4.57 Å². The summed E-state index contributed by atoms with van der Waals surface area (Å²) >= 11 is 0. The Labute approximate surface area is 184 Å². The quantitative estimate of drug-likeness (QED) is 0.395. The van der Waals surface area contributed by atoms with Gasteiger partial charge in [-0.2, -0.15) is 0 Å². The molecular formula is C28H19NO3. The van der Waals surface area contributed by atoms with Crippen molar-refractivity contribution in [3.05, 3.63) is 117 Å². The van der Waals surface area contributed by atoms with Gasteiger partial charge in [-0.15, -0.1) is 0 Å². The predicted molar refractivity (Wildman–Crippen MR) is 128 cm³/mol. The number of aromatic nitrogens is 1. The van der Waals surface area contributed by atoms with Gasteiger partial charge in [0.1, 0.15) is 5.75 Å². The van der Waals surface area contributed by atoms with E-state index in [1.807, 2.05) is 60.7 Å². The molecule has 0 N–H and O–H groups in total. The summed E-state index contributed by atoms with van der Waals surface area (Å²) in [5.74, 6) is 0.509. The summed E-state index contributed by atoms with van der Waals surface area (Å²) in [6.45, 7) is 0. The minimum Gasteiger partial charge on any atom is -0.495 e. The molecule has 0 radical (unpaired) electrons. The molecule has 1 aromatic heterocycles. The number of methoxy groups -OCH3 is 1. The van der Waals surface area contributed by atoms with Gasteiger partial charge in [0, 0.05) is 10.8 Å². The largest absolute Gasteiger partial charge is 0.495 e. The number of benzene rings is 4. The van der Waals surface area contributed by atoms with Crippen LogP contribution in [0.3, 0.4) is 0 Å². The van der Waals surface area contributed by atoms with Gasteiger partial charge >= 0.3 is 0 Å². The Bertz CT molecular complexity index is 1610. The van der Waals surface area contributed by atoms with Gasteiger partial charge in [-0.1, -0.05) is 60.7 Å². The Kier molecular flexibility index (Phi) is 4.02. The molecule has 1 aliphatic rings. The lowest BCUT2D eigenvalue weighted by molar-refractivity contribution is 0.412. The summed E-state index contributed by atoms with van der Waals surface area (Å²) < 4.78 is 6.96. The third kappa shape index (κ3) is 2.56. The fraction of sp³-hybridized carbons (Fsp3) is 0.0714. The Morgan fingerprint density at radius 2 is 1.22 bits per heavy atom.